The Hall–Kier alpha value is -2.38. The average molecular weight is 492 g/mol. The molecule has 3 aromatic rings. The molecule has 0 unspecified atom stereocenters. The number of ketones is 1. The van der Waals surface area contributed by atoms with Crippen LogP contribution in [0.25, 0.3) is 16.9 Å². The van der Waals surface area contributed by atoms with Gasteiger partial charge in [-0.15, -0.1) is 0 Å². The molecule has 1 aromatic heterocycles. The monoisotopic (exact) mass is 490 g/mol. The minimum atomic E-state index is -0.704. The number of hydrogen-bond donors (Lipinski definition) is 1. The largest absolute Gasteiger partial charge is 0.308 e. The van der Waals surface area contributed by atoms with Gasteiger partial charge in [0.1, 0.15) is 5.69 Å². The Kier molecular flexibility index (Phi) is 6.86. The molecule has 0 radical (unpaired) electrons. The van der Waals surface area contributed by atoms with E-state index in [1.54, 1.807) is 46.9 Å². The first-order valence-electron chi connectivity index (χ1n) is 10.3. The topological polar surface area (TPSA) is 67.2 Å². The third-order valence-corrected chi connectivity index (χ3v) is 6.20. The Labute approximate surface area is 201 Å². The predicted octanol–water partition coefficient (Wildman–Crippen LogP) is 5.51. The van der Waals surface area contributed by atoms with Gasteiger partial charge in [-0.3, -0.25) is 15.0 Å². The maximum absolute atomic E-state index is 13.1. The number of nitrogens with one attached hydrogen (secondary N) is 1. The van der Waals surface area contributed by atoms with Crippen LogP contribution in [0, 0.1) is 6.92 Å². The van der Waals surface area contributed by atoms with Gasteiger partial charge in [-0.25, -0.2) is 9.69 Å². The molecule has 4 rings (SSSR count). The second-order valence-corrected chi connectivity index (χ2v) is 8.93. The lowest BCUT2D eigenvalue weighted by atomic mass is 10.0. The lowest BCUT2D eigenvalue weighted by Crippen LogP contribution is -2.47. The number of hydrogen-bond acceptors (Lipinski definition) is 4. The van der Waals surface area contributed by atoms with Crippen molar-refractivity contribution in [1.29, 1.82) is 0 Å². The molecular formula is C23H21Cl3N4O2. The SMILES string of the molecule is Cc1c(C(=O)C(=O)NN2CCCCC2)nn(-c2ccc(Cl)cc2Cl)c1-c1ccc(Cl)cc1. The van der Waals surface area contributed by atoms with Gasteiger partial charge < -0.3 is 0 Å². The van der Waals surface area contributed by atoms with E-state index in [9.17, 15) is 9.59 Å². The van der Waals surface area contributed by atoms with Gasteiger partial charge in [0.25, 0.3) is 5.78 Å². The van der Waals surface area contributed by atoms with E-state index in [-0.39, 0.29) is 5.69 Å². The van der Waals surface area contributed by atoms with Crippen LogP contribution in [0.4, 0.5) is 0 Å². The average Bonchev–Trinajstić information content (AvgIpc) is 3.11. The van der Waals surface area contributed by atoms with Gasteiger partial charge in [-0.1, -0.05) is 53.4 Å². The minimum Gasteiger partial charge on any atom is -0.282 e. The molecule has 0 aliphatic carbocycles. The summed E-state index contributed by atoms with van der Waals surface area (Å²) in [6, 6.07) is 12.2. The number of amides is 1. The van der Waals surface area contributed by atoms with E-state index < -0.39 is 11.7 Å². The molecule has 9 heteroatoms. The standard InChI is InChI=1S/C23H21Cl3N4O2/c1-14-20(22(31)23(32)28-29-11-3-2-4-12-29)27-30(19-10-9-17(25)13-18(19)26)21(14)15-5-7-16(24)8-6-15/h5-10,13H,2-4,11-12H2,1H3,(H,28,32). The van der Waals surface area contributed by atoms with E-state index in [1.165, 1.54) is 0 Å². The predicted molar refractivity (Wildman–Crippen MR) is 127 cm³/mol. The van der Waals surface area contributed by atoms with Gasteiger partial charge in [-0.2, -0.15) is 5.10 Å². The van der Waals surface area contributed by atoms with E-state index in [0.717, 1.165) is 37.9 Å². The van der Waals surface area contributed by atoms with E-state index in [1.807, 2.05) is 12.1 Å². The normalized spacial score (nSPS) is 14.4. The second-order valence-electron chi connectivity index (χ2n) is 7.65. The molecule has 0 saturated carbocycles. The number of benzene rings is 2. The Balaban J connectivity index is 1.77. The molecule has 2 heterocycles. The highest BCUT2D eigenvalue weighted by molar-refractivity contribution is 6.42. The number of carbonyl (C=O) groups is 2. The summed E-state index contributed by atoms with van der Waals surface area (Å²) < 4.78 is 1.57. The first kappa shape index (κ1) is 22.8. The summed E-state index contributed by atoms with van der Waals surface area (Å²) in [5, 5.41) is 7.72. The fraction of sp³-hybridized carbons (Fsp3) is 0.261. The number of Topliss-reactive ketones (excluding diaryl/α,β-unsaturated/α-hetero) is 1. The van der Waals surface area contributed by atoms with Crippen LogP contribution in [0.1, 0.15) is 35.3 Å². The highest BCUT2D eigenvalue weighted by Gasteiger charge is 2.28. The lowest BCUT2D eigenvalue weighted by molar-refractivity contribution is -0.122. The summed E-state index contributed by atoms with van der Waals surface area (Å²) in [4.78, 5) is 25.8. The maximum atomic E-state index is 13.1. The fourth-order valence-corrected chi connectivity index (χ4v) is 4.41. The highest BCUT2D eigenvalue weighted by Crippen LogP contribution is 2.33. The minimum absolute atomic E-state index is 0.0653. The maximum Gasteiger partial charge on any atom is 0.308 e. The zero-order valence-corrected chi connectivity index (χ0v) is 19.6. The van der Waals surface area contributed by atoms with Gasteiger partial charge >= 0.3 is 5.91 Å². The smallest absolute Gasteiger partial charge is 0.282 e. The summed E-state index contributed by atoms with van der Waals surface area (Å²) in [7, 11) is 0. The molecule has 1 N–H and O–H groups in total. The van der Waals surface area contributed by atoms with Crippen LogP contribution in [0.3, 0.4) is 0 Å². The van der Waals surface area contributed by atoms with E-state index >= 15 is 0 Å². The summed E-state index contributed by atoms with van der Waals surface area (Å²) in [6.45, 7) is 3.21. The second kappa shape index (κ2) is 9.63. The first-order chi connectivity index (χ1) is 15.3. The van der Waals surface area contributed by atoms with Crippen molar-refractivity contribution in [3.63, 3.8) is 0 Å². The van der Waals surface area contributed by atoms with Crippen molar-refractivity contribution in [2.24, 2.45) is 0 Å². The molecule has 32 heavy (non-hydrogen) atoms. The van der Waals surface area contributed by atoms with Gasteiger partial charge in [0, 0.05) is 34.3 Å². The molecule has 1 saturated heterocycles. The third kappa shape index (κ3) is 4.69. The number of halogens is 3. The number of rotatable bonds is 5. The Morgan fingerprint density at radius 2 is 1.59 bits per heavy atom. The Morgan fingerprint density at radius 3 is 2.25 bits per heavy atom. The molecule has 1 amide bonds. The number of hydrazine groups is 1. The molecule has 166 valence electrons. The number of nitrogens with zero attached hydrogens (tertiary/aromatic N) is 3. The molecule has 0 atom stereocenters. The fourth-order valence-electron chi connectivity index (χ4n) is 3.79. The van der Waals surface area contributed by atoms with Crippen molar-refractivity contribution in [3.05, 3.63) is 68.8 Å². The van der Waals surface area contributed by atoms with Crippen molar-refractivity contribution in [1.82, 2.24) is 20.2 Å². The molecule has 1 aliphatic heterocycles. The van der Waals surface area contributed by atoms with Crippen LogP contribution >= 0.6 is 34.8 Å². The van der Waals surface area contributed by atoms with Crippen LogP contribution in [0.15, 0.2) is 42.5 Å². The van der Waals surface area contributed by atoms with Crippen molar-refractivity contribution in [2.75, 3.05) is 13.1 Å². The zero-order chi connectivity index (χ0) is 22.8. The Bertz CT molecular complexity index is 1170. The summed E-state index contributed by atoms with van der Waals surface area (Å²) in [6.07, 6.45) is 3.09. The van der Waals surface area contributed by atoms with Crippen LogP contribution in [0.5, 0.6) is 0 Å². The number of aromatic nitrogens is 2. The van der Waals surface area contributed by atoms with Crippen molar-refractivity contribution in [2.45, 2.75) is 26.2 Å². The van der Waals surface area contributed by atoms with Crippen molar-refractivity contribution >= 4 is 46.5 Å². The summed E-state index contributed by atoms with van der Waals surface area (Å²) in [5.41, 5.74) is 5.30. The third-order valence-electron chi connectivity index (χ3n) is 5.41. The highest BCUT2D eigenvalue weighted by atomic mass is 35.5. The van der Waals surface area contributed by atoms with E-state index in [4.69, 9.17) is 34.8 Å². The van der Waals surface area contributed by atoms with Crippen LogP contribution in [-0.4, -0.2) is 39.6 Å². The van der Waals surface area contributed by atoms with Crippen molar-refractivity contribution in [3.8, 4) is 16.9 Å². The molecule has 1 fully saturated rings. The van der Waals surface area contributed by atoms with Crippen LogP contribution < -0.4 is 5.43 Å². The van der Waals surface area contributed by atoms with Crippen LogP contribution in [-0.2, 0) is 4.79 Å². The van der Waals surface area contributed by atoms with Gasteiger partial charge in [-0.05, 0) is 50.1 Å². The molecule has 2 aromatic carbocycles. The first-order valence-corrected chi connectivity index (χ1v) is 11.4. The van der Waals surface area contributed by atoms with Crippen molar-refractivity contribution < 1.29 is 9.59 Å². The summed E-state index contributed by atoms with van der Waals surface area (Å²) in [5.74, 6) is -1.41. The van der Waals surface area contributed by atoms with E-state index in [2.05, 4.69) is 10.5 Å². The lowest BCUT2D eigenvalue weighted by Gasteiger charge is -2.26. The van der Waals surface area contributed by atoms with Gasteiger partial charge in [0.15, 0.2) is 0 Å². The molecule has 0 spiro atoms. The zero-order valence-electron chi connectivity index (χ0n) is 17.4. The molecule has 0 bridgehead atoms. The number of carbonyl (C=O) groups excluding carboxylic acids is 2. The van der Waals surface area contributed by atoms with Crippen LogP contribution in [0.2, 0.25) is 15.1 Å². The quantitative estimate of drug-likeness (QED) is 0.378. The summed E-state index contributed by atoms with van der Waals surface area (Å²) >= 11 is 18.6. The van der Waals surface area contributed by atoms with Gasteiger partial charge in [0.2, 0.25) is 0 Å². The molecular weight excluding hydrogens is 471 g/mol. The van der Waals surface area contributed by atoms with E-state index in [0.29, 0.717) is 32.0 Å². The number of piperidine rings is 1. The molecule has 1 aliphatic rings. The Morgan fingerprint density at radius 1 is 0.938 bits per heavy atom. The van der Waals surface area contributed by atoms with Gasteiger partial charge in [0.05, 0.1) is 16.4 Å². The molecule has 6 nitrogen and oxygen atoms in total.